The van der Waals surface area contributed by atoms with Crippen molar-refractivity contribution in [3.63, 3.8) is 0 Å². The first kappa shape index (κ1) is 20.0. The van der Waals surface area contributed by atoms with Gasteiger partial charge in [0, 0.05) is 12.2 Å². The zero-order chi connectivity index (χ0) is 19.7. The summed E-state index contributed by atoms with van der Waals surface area (Å²) in [6.45, 7) is 0.280. The summed E-state index contributed by atoms with van der Waals surface area (Å²) >= 11 is 1.12. The minimum atomic E-state index is -3.82. The second-order valence-corrected chi connectivity index (χ2v) is 10.7. The van der Waals surface area contributed by atoms with Gasteiger partial charge in [0.05, 0.1) is 4.90 Å². The monoisotopic (exact) mass is 429 g/mol. The molecule has 27 heavy (non-hydrogen) atoms. The highest BCUT2D eigenvalue weighted by Gasteiger charge is 2.38. The molecule has 3 rings (SSSR count). The predicted octanol–water partition coefficient (Wildman–Crippen LogP) is 1.58. The highest BCUT2D eigenvalue weighted by atomic mass is 32.2. The average molecular weight is 430 g/mol. The molecule has 0 bridgehead atoms. The molecule has 1 amide bonds. The molecule has 0 radical (unpaired) electrons. The van der Waals surface area contributed by atoms with Crippen LogP contribution >= 0.6 is 11.3 Å². The van der Waals surface area contributed by atoms with E-state index < -0.39 is 32.0 Å². The molecule has 0 spiro atoms. The van der Waals surface area contributed by atoms with Gasteiger partial charge in [-0.15, -0.1) is 11.3 Å². The van der Waals surface area contributed by atoms with Crippen molar-refractivity contribution < 1.29 is 21.6 Å². The highest BCUT2D eigenvalue weighted by Crippen LogP contribution is 2.28. The van der Waals surface area contributed by atoms with Gasteiger partial charge in [-0.2, -0.15) is 4.31 Å². The van der Waals surface area contributed by atoms with Crippen LogP contribution in [0.3, 0.4) is 0 Å². The first-order valence-electron chi connectivity index (χ1n) is 8.19. The SMILES string of the molecule is NS(=O)(=O)c1ccc(NC(=O)C2CCCCN2S(=O)(=O)c2cccs2)cc1. The summed E-state index contributed by atoms with van der Waals surface area (Å²) in [5.41, 5.74) is 0.367. The van der Waals surface area contributed by atoms with E-state index in [1.807, 2.05) is 0 Å². The Bertz CT molecular complexity index is 1020. The van der Waals surface area contributed by atoms with Crippen LogP contribution in [0.2, 0.25) is 0 Å². The molecular weight excluding hydrogens is 410 g/mol. The molecular formula is C16H19N3O5S3. The fourth-order valence-corrected chi connectivity index (χ4v) is 6.23. The van der Waals surface area contributed by atoms with E-state index in [1.54, 1.807) is 11.4 Å². The Morgan fingerprint density at radius 2 is 1.81 bits per heavy atom. The maximum absolute atomic E-state index is 12.8. The fourth-order valence-electron chi connectivity index (χ4n) is 2.93. The molecule has 3 N–H and O–H groups in total. The number of piperidine rings is 1. The third-order valence-electron chi connectivity index (χ3n) is 4.26. The zero-order valence-corrected chi connectivity index (χ0v) is 16.7. The first-order chi connectivity index (χ1) is 12.7. The third kappa shape index (κ3) is 4.38. The van der Waals surface area contributed by atoms with Crippen LogP contribution in [-0.4, -0.2) is 39.6 Å². The second kappa shape index (κ2) is 7.68. The molecule has 0 aliphatic carbocycles. The summed E-state index contributed by atoms with van der Waals surface area (Å²) in [6, 6.07) is 7.76. The lowest BCUT2D eigenvalue weighted by Gasteiger charge is -2.33. The van der Waals surface area contributed by atoms with Crippen LogP contribution in [-0.2, 0) is 24.8 Å². The fraction of sp³-hybridized carbons (Fsp3) is 0.312. The van der Waals surface area contributed by atoms with Crippen LogP contribution in [0.15, 0.2) is 50.9 Å². The number of benzene rings is 1. The zero-order valence-electron chi connectivity index (χ0n) is 14.2. The van der Waals surface area contributed by atoms with Crippen LogP contribution < -0.4 is 10.5 Å². The van der Waals surface area contributed by atoms with Gasteiger partial charge in [0.2, 0.25) is 15.9 Å². The molecule has 1 aromatic carbocycles. The number of carbonyl (C=O) groups is 1. The van der Waals surface area contributed by atoms with Gasteiger partial charge >= 0.3 is 0 Å². The van der Waals surface area contributed by atoms with Crippen LogP contribution in [0.25, 0.3) is 0 Å². The average Bonchev–Trinajstić information content (AvgIpc) is 3.17. The number of amides is 1. The van der Waals surface area contributed by atoms with Crippen LogP contribution in [0.5, 0.6) is 0 Å². The van der Waals surface area contributed by atoms with Gasteiger partial charge in [-0.25, -0.2) is 22.0 Å². The van der Waals surface area contributed by atoms with Gasteiger partial charge in [-0.05, 0) is 48.6 Å². The number of rotatable bonds is 5. The number of carbonyl (C=O) groups excluding carboxylic acids is 1. The normalized spacial score (nSPS) is 18.9. The summed E-state index contributed by atoms with van der Waals surface area (Å²) in [4.78, 5) is 12.6. The Labute approximate surface area is 162 Å². The molecule has 8 nitrogen and oxygen atoms in total. The summed E-state index contributed by atoms with van der Waals surface area (Å²) in [5, 5.41) is 9.39. The number of primary sulfonamides is 1. The Kier molecular flexibility index (Phi) is 5.68. The van der Waals surface area contributed by atoms with Crippen molar-refractivity contribution in [2.24, 2.45) is 5.14 Å². The minimum absolute atomic E-state index is 0.0694. The number of thiophene rings is 1. The van der Waals surface area contributed by atoms with E-state index in [0.29, 0.717) is 18.5 Å². The van der Waals surface area contributed by atoms with E-state index in [0.717, 1.165) is 17.8 Å². The molecule has 2 aromatic rings. The number of nitrogens with zero attached hydrogens (tertiary/aromatic N) is 1. The van der Waals surface area contributed by atoms with Gasteiger partial charge in [0.1, 0.15) is 10.3 Å². The van der Waals surface area contributed by atoms with E-state index >= 15 is 0 Å². The topological polar surface area (TPSA) is 127 Å². The van der Waals surface area contributed by atoms with Crippen molar-refractivity contribution in [2.45, 2.75) is 34.4 Å². The standard InChI is InChI=1S/C16H19N3O5S3/c17-26(21,22)13-8-6-12(7-9-13)18-16(20)14-4-1-2-10-19(14)27(23,24)15-5-3-11-25-15/h3,5-9,11,14H,1-2,4,10H2,(H,18,20)(H2,17,21,22). The maximum atomic E-state index is 12.8. The molecule has 1 saturated heterocycles. The molecule has 1 fully saturated rings. The van der Waals surface area contributed by atoms with E-state index in [9.17, 15) is 21.6 Å². The Morgan fingerprint density at radius 3 is 2.41 bits per heavy atom. The summed E-state index contributed by atoms with van der Waals surface area (Å²) in [7, 11) is -7.56. The second-order valence-electron chi connectivity index (χ2n) is 6.12. The summed E-state index contributed by atoms with van der Waals surface area (Å²) in [5.74, 6) is -0.446. The Hall–Kier alpha value is -1.79. The van der Waals surface area contributed by atoms with E-state index in [-0.39, 0.29) is 15.6 Å². The van der Waals surface area contributed by atoms with Crippen molar-refractivity contribution in [1.29, 1.82) is 0 Å². The lowest BCUT2D eigenvalue weighted by atomic mass is 10.0. The number of anilines is 1. The largest absolute Gasteiger partial charge is 0.325 e. The maximum Gasteiger partial charge on any atom is 0.253 e. The molecule has 1 aliphatic rings. The van der Waals surface area contributed by atoms with Crippen molar-refractivity contribution in [2.75, 3.05) is 11.9 Å². The van der Waals surface area contributed by atoms with Crippen LogP contribution in [0, 0.1) is 0 Å². The first-order valence-corrected chi connectivity index (χ1v) is 12.1. The van der Waals surface area contributed by atoms with E-state index in [2.05, 4.69) is 5.32 Å². The Balaban J connectivity index is 1.80. The quantitative estimate of drug-likeness (QED) is 0.746. The summed E-state index contributed by atoms with van der Waals surface area (Å²) < 4.78 is 49.7. The molecule has 1 unspecified atom stereocenters. The molecule has 11 heteroatoms. The van der Waals surface area contributed by atoms with Crippen molar-refractivity contribution >= 4 is 43.0 Å². The molecule has 146 valence electrons. The van der Waals surface area contributed by atoms with Crippen molar-refractivity contribution in [3.05, 3.63) is 41.8 Å². The molecule has 0 saturated carbocycles. The van der Waals surface area contributed by atoms with Gasteiger partial charge in [0.25, 0.3) is 10.0 Å². The highest BCUT2D eigenvalue weighted by molar-refractivity contribution is 7.91. The Morgan fingerprint density at radius 1 is 1.11 bits per heavy atom. The lowest BCUT2D eigenvalue weighted by molar-refractivity contribution is -0.120. The molecule has 1 aromatic heterocycles. The number of hydrogen-bond acceptors (Lipinski definition) is 6. The number of hydrogen-bond donors (Lipinski definition) is 2. The van der Waals surface area contributed by atoms with Gasteiger partial charge < -0.3 is 5.32 Å². The summed E-state index contributed by atoms with van der Waals surface area (Å²) in [6.07, 6.45) is 1.86. The van der Waals surface area contributed by atoms with Gasteiger partial charge in [-0.1, -0.05) is 12.5 Å². The van der Waals surface area contributed by atoms with E-state index in [1.165, 1.54) is 34.6 Å². The van der Waals surface area contributed by atoms with Gasteiger partial charge in [0.15, 0.2) is 0 Å². The third-order valence-corrected chi connectivity index (χ3v) is 8.48. The minimum Gasteiger partial charge on any atom is -0.325 e. The lowest BCUT2D eigenvalue weighted by Crippen LogP contribution is -2.49. The molecule has 1 aliphatic heterocycles. The van der Waals surface area contributed by atoms with E-state index in [4.69, 9.17) is 5.14 Å². The van der Waals surface area contributed by atoms with Crippen molar-refractivity contribution in [1.82, 2.24) is 4.31 Å². The van der Waals surface area contributed by atoms with Crippen molar-refractivity contribution in [3.8, 4) is 0 Å². The molecule has 1 atom stereocenters. The van der Waals surface area contributed by atoms with Gasteiger partial charge in [-0.3, -0.25) is 4.79 Å². The molecule has 2 heterocycles. The predicted molar refractivity (Wildman–Crippen MR) is 102 cm³/mol. The number of sulfonamides is 2. The number of nitrogens with one attached hydrogen (secondary N) is 1. The number of nitrogens with two attached hydrogens (primary N) is 1. The van der Waals surface area contributed by atoms with Crippen LogP contribution in [0.4, 0.5) is 5.69 Å². The smallest absolute Gasteiger partial charge is 0.253 e. The van der Waals surface area contributed by atoms with Crippen LogP contribution in [0.1, 0.15) is 19.3 Å².